The lowest BCUT2D eigenvalue weighted by atomic mass is 9.91. The van der Waals surface area contributed by atoms with E-state index in [4.69, 9.17) is 10.5 Å². The topological polar surface area (TPSA) is 47.6 Å². The van der Waals surface area contributed by atoms with Crippen molar-refractivity contribution in [1.82, 2.24) is 0 Å². The predicted molar refractivity (Wildman–Crippen MR) is 48.0 cm³/mol. The zero-order chi connectivity index (χ0) is 9.56. The van der Waals surface area contributed by atoms with Crippen LogP contribution in [0.3, 0.4) is 0 Å². The van der Waals surface area contributed by atoms with Crippen molar-refractivity contribution in [1.29, 1.82) is 10.5 Å². The molecule has 0 amide bonds. The Morgan fingerprint density at radius 2 is 1.25 bits per heavy atom. The molecule has 0 saturated heterocycles. The zero-order valence-corrected chi connectivity index (χ0v) is 8.04. The smallest absolute Gasteiger partial charge is 0.0652 e. The number of hydrogen-bond donors (Lipinski definition) is 0. The first-order chi connectivity index (χ1) is 5.60. The summed E-state index contributed by atoms with van der Waals surface area (Å²) in [5.74, 6) is 0.714. The van der Waals surface area contributed by atoms with Crippen molar-refractivity contribution < 1.29 is 0 Å². The molecule has 0 aliphatic carbocycles. The van der Waals surface area contributed by atoms with Gasteiger partial charge < -0.3 is 0 Å². The van der Waals surface area contributed by atoms with Crippen molar-refractivity contribution in [3.63, 3.8) is 0 Å². The van der Waals surface area contributed by atoms with Crippen LogP contribution in [0.2, 0.25) is 0 Å². The Bertz CT molecular complexity index is 175. The Kier molecular flexibility index (Phi) is 5.13. The molecule has 0 spiro atoms. The Morgan fingerprint density at radius 3 is 1.50 bits per heavy atom. The summed E-state index contributed by atoms with van der Waals surface area (Å²) in [5, 5.41) is 17.1. The van der Waals surface area contributed by atoms with Crippen molar-refractivity contribution >= 4 is 0 Å². The molecule has 66 valence electrons. The average Bonchev–Trinajstić information content (AvgIpc) is 2.03. The van der Waals surface area contributed by atoms with Crippen LogP contribution in [0.15, 0.2) is 0 Å². The molecule has 0 heterocycles. The van der Waals surface area contributed by atoms with Gasteiger partial charge in [-0.1, -0.05) is 6.92 Å². The van der Waals surface area contributed by atoms with Gasteiger partial charge in [-0.15, -0.1) is 0 Å². The highest BCUT2D eigenvalue weighted by Crippen LogP contribution is 2.18. The third kappa shape index (κ3) is 4.74. The fraction of sp³-hybridized carbons (Fsp3) is 0.800. The van der Waals surface area contributed by atoms with Gasteiger partial charge in [0.2, 0.25) is 0 Å². The molecule has 12 heavy (non-hydrogen) atoms. The zero-order valence-electron chi connectivity index (χ0n) is 8.04. The normalized spacial score (nSPS) is 17.1. The molecular weight excluding hydrogens is 148 g/mol. The molecule has 0 aliphatic rings. The lowest BCUT2D eigenvalue weighted by molar-refractivity contribution is 0.407. The van der Waals surface area contributed by atoms with Crippen LogP contribution in [0, 0.1) is 40.4 Å². The van der Waals surface area contributed by atoms with Gasteiger partial charge >= 0.3 is 0 Å². The fourth-order valence-electron chi connectivity index (χ4n) is 1.41. The van der Waals surface area contributed by atoms with E-state index in [1.54, 1.807) is 0 Å². The number of nitriles is 2. The third-order valence-electron chi connectivity index (χ3n) is 1.95. The van der Waals surface area contributed by atoms with Crippen LogP contribution in [-0.2, 0) is 0 Å². The second kappa shape index (κ2) is 5.61. The van der Waals surface area contributed by atoms with Crippen LogP contribution < -0.4 is 0 Å². The van der Waals surface area contributed by atoms with E-state index in [0.717, 1.165) is 12.8 Å². The van der Waals surface area contributed by atoms with E-state index < -0.39 is 0 Å². The molecule has 0 fully saturated rings. The summed E-state index contributed by atoms with van der Waals surface area (Å²) in [5.41, 5.74) is 0. The largest absolute Gasteiger partial charge is 0.198 e. The van der Waals surface area contributed by atoms with Crippen molar-refractivity contribution in [3.05, 3.63) is 0 Å². The molecular formula is C10H16N2. The maximum Gasteiger partial charge on any atom is 0.0652 e. The molecule has 0 radical (unpaired) electrons. The summed E-state index contributed by atoms with van der Waals surface area (Å²) in [6.07, 6.45) is 1.81. The molecule has 2 heteroatoms. The van der Waals surface area contributed by atoms with Crippen LogP contribution in [-0.4, -0.2) is 0 Å². The van der Waals surface area contributed by atoms with E-state index in [1.807, 2.05) is 13.8 Å². The summed E-state index contributed by atoms with van der Waals surface area (Å²) in [7, 11) is 0. The van der Waals surface area contributed by atoms with Crippen LogP contribution in [0.5, 0.6) is 0 Å². The molecule has 2 nitrogen and oxygen atoms in total. The standard InChI is InChI=1S/C10H16N2/c1-8(4-9(2)6-11)5-10(3)7-12/h8-10H,4-5H2,1-3H3. The third-order valence-corrected chi connectivity index (χ3v) is 1.95. The Labute approximate surface area is 74.8 Å². The van der Waals surface area contributed by atoms with Crippen LogP contribution in [0.1, 0.15) is 33.6 Å². The first-order valence-corrected chi connectivity index (χ1v) is 4.39. The SMILES string of the molecule is CC(C#N)CC(C)CC(C)C#N. The van der Waals surface area contributed by atoms with Gasteiger partial charge in [-0.2, -0.15) is 10.5 Å². The van der Waals surface area contributed by atoms with Gasteiger partial charge in [0.25, 0.3) is 0 Å². The van der Waals surface area contributed by atoms with Gasteiger partial charge in [-0.25, -0.2) is 0 Å². The summed E-state index contributed by atoms with van der Waals surface area (Å²) in [4.78, 5) is 0. The minimum atomic E-state index is 0.117. The molecule has 2 atom stereocenters. The molecule has 0 aromatic heterocycles. The molecule has 0 rings (SSSR count). The highest BCUT2D eigenvalue weighted by Gasteiger charge is 2.11. The second-order valence-corrected chi connectivity index (χ2v) is 3.64. The number of rotatable bonds is 4. The first-order valence-electron chi connectivity index (χ1n) is 4.39. The van der Waals surface area contributed by atoms with Crippen LogP contribution in [0.25, 0.3) is 0 Å². The molecule has 0 bridgehead atoms. The molecule has 2 unspecified atom stereocenters. The van der Waals surface area contributed by atoms with E-state index in [-0.39, 0.29) is 11.8 Å². The first kappa shape index (κ1) is 11.0. The van der Waals surface area contributed by atoms with Crippen molar-refractivity contribution in [3.8, 4) is 12.1 Å². The van der Waals surface area contributed by atoms with Gasteiger partial charge in [0.05, 0.1) is 12.1 Å². The number of hydrogen-bond acceptors (Lipinski definition) is 2. The second-order valence-electron chi connectivity index (χ2n) is 3.64. The Morgan fingerprint density at radius 1 is 0.917 bits per heavy atom. The van der Waals surface area contributed by atoms with Crippen LogP contribution in [0.4, 0.5) is 0 Å². The van der Waals surface area contributed by atoms with E-state index in [9.17, 15) is 0 Å². The van der Waals surface area contributed by atoms with Gasteiger partial charge in [0.1, 0.15) is 0 Å². The summed E-state index contributed by atoms with van der Waals surface area (Å²) in [6, 6.07) is 4.41. The van der Waals surface area contributed by atoms with Crippen molar-refractivity contribution in [2.24, 2.45) is 17.8 Å². The van der Waals surface area contributed by atoms with Gasteiger partial charge in [0.15, 0.2) is 0 Å². The lowest BCUT2D eigenvalue weighted by Crippen LogP contribution is -2.05. The molecule has 0 aromatic carbocycles. The average molecular weight is 164 g/mol. The fourth-order valence-corrected chi connectivity index (χ4v) is 1.41. The molecule has 0 aliphatic heterocycles. The van der Waals surface area contributed by atoms with E-state index >= 15 is 0 Å². The minimum Gasteiger partial charge on any atom is -0.198 e. The Balaban J connectivity index is 3.69. The molecule has 0 saturated carbocycles. The highest BCUT2D eigenvalue weighted by atomic mass is 14.3. The lowest BCUT2D eigenvalue weighted by Gasteiger charge is -2.12. The van der Waals surface area contributed by atoms with Crippen LogP contribution >= 0.6 is 0 Å². The summed E-state index contributed by atoms with van der Waals surface area (Å²) in [6.45, 7) is 5.95. The van der Waals surface area contributed by atoms with E-state index in [2.05, 4.69) is 19.1 Å². The maximum absolute atomic E-state index is 8.56. The quantitative estimate of drug-likeness (QED) is 0.641. The Hall–Kier alpha value is -1.02. The number of nitrogens with zero attached hydrogens (tertiary/aromatic N) is 2. The minimum absolute atomic E-state index is 0.117. The predicted octanol–water partition coefficient (Wildman–Crippen LogP) is 2.72. The maximum atomic E-state index is 8.56. The van der Waals surface area contributed by atoms with Crippen molar-refractivity contribution in [2.45, 2.75) is 33.6 Å². The highest BCUT2D eigenvalue weighted by molar-refractivity contribution is 4.84. The summed E-state index contributed by atoms with van der Waals surface area (Å²) >= 11 is 0. The van der Waals surface area contributed by atoms with Gasteiger partial charge in [-0.05, 0) is 32.6 Å². The summed E-state index contributed by atoms with van der Waals surface area (Å²) < 4.78 is 0. The van der Waals surface area contributed by atoms with Gasteiger partial charge in [-0.3, -0.25) is 0 Å². The monoisotopic (exact) mass is 164 g/mol. The molecule has 0 N–H and O–H groups in total. The van der Waals surface area contributed by atoms with Gasteiger partial charge in [0, 0.05) is 11.8 Å². The molecule has 0 aromatic rings. The van der Waals surface area contributed by atoms with E-state index in [1.165, 1.54) is 0 Å². The van der Waals surface area contributed by atoms with E-state index in [0.29, 0.717) is 5.92 Å². The van der Waals surface area contributed by atoms with Crippen molar-refractivity contribution in [2.75, 3.05) is 0 Å².